The summed E-state index contributed by atoms with van der Waals surface area (Å²) in [7, 11) is 0. The van der Waals surface area contributed by atoms with Crippen molar-refractivity contribution in [2.24, 2.45) is 5.92 Å². The summed E-state index contributed by atoms with van der Waals surface area (Å²) in [5, 5.41) is 12.2. The van der Waals surface area contributed by atoms with Gasteiger partial charge in [-0.3, -0.25) is 4.79 Å². The lowest BCUT2D eigenvalue weighted by Gasteiger charge is -2.16. The predicted octanol–water partition coefficient (Wildman–Crippen LogP) is 2.67. The van der Waals surface area contributed by atoms with Crippen LogP contribution < -0.4 is 11.1 Å². The van der Waals surface area contributed by atoms with Gasteiger partial charge in [-0.2, -0.15) is 0 Å². The molecule has 0 spiro atoms. The second-order valence-corrected chi connectivity index (χ2v) is 8.03. The van der Waals surface area contributed by atoms with Gasteiger partial charge in [-0.05, 0) is 43.2 Å². The lowest BCUT2D eigenvalue weighted by Crippen LogP contribution is -2.23. The van der Waals surface area contributed by atoms with Crippen LogP contribution in [0.15, 0.2) is 6.07 Å². The zero-order valence-corrected chi connectivity index (χ0v) is 14.2. The average molecular weight is 336 g/mol. The fourth-order valence-corrected chi connectivity index (χ4v) is 4.49. The number of thiophene rings is 1. The Morgan fingerprint density at radius 1 is 1.45 bits per heavy atom. The Balaban J connectivity index is 1.48. The minimum atomic E-state index is 0.0452. The number of fused-ring (bicyclic) bond motifs is 1. The number of nitrogens with one attached hydrogen (secondary N) is 1. The lowest BCUT2D eigenvalue weighted by molar-refractivity contribution is 0.0957. The quantitative estimate of drug-likeness (QED) is 0.823. The van der Waals surface area contributed by atoms with Gasteiger partial charge in [-0.15, -0.1) is 21.5 Å². The monoisotopic (exact) mass is 336 g/mol. The standard InChI is InChI=1S/C15H20N4OS2/c1-9-4-5-11-10(7-9)8-12(21-11)14(20)17-6-2-3-13-18-19-15(16)22-13/h8-9H,2-7H2,1H3,(H2,16,19)(H,17,20). The summed E-state index contributed by atoms with van der Waals surface area (Å²) in [6, 6.07) is 2.08. The van der Waals surface area contributed by atoms with Crippen molar-refractivity contribution >= 4 is 33.7 Å². The number of nitrogens with two attached hydrogens (primary N) is 1. The molecule has 1 atom stereocenters. The van der Waals surface area contributed by atoms with Crippen molar-refractivity contribution in [3.8, 4) is 0 Å². The van der Waals surface area contributed by atoms with Crippen LogP contribution in [0.5, 0.6) is 0 Å². The number of aryl methyl sites for hydroxylation is 2. The Morgan fingerprint density at radius 2 is 2.32 bits per heavy atom. The van der Waals surface area contributed by atoms with Gasteiger partial charge in [0.05, 0.1) is 4.88 Å². The minimum Gasteiger partial charge on any atom is -0.374 e. The number of aromatic nitrogens is 2. The summed E-state index contributed by atoms with van der Waals surface area (Å²) < 4.78 is 0. The van der Waals surface area contributed by atoms with E-state index in [9.17, 15) is 4.79 Å². The molecule has 118 valence electrons. The number of carbonyl (C=O) groups is 1. The topological polar surface area (TPSA) is 80.9 Å². The maximum Gasteiger partial charge on any atom is 0.261 e. The van der Waals surface area contributed by atoms with Crippen molar-refractivity contribution < 1.29 is 4.79 Å². The Kier molecular flexibility index (Phi) is 4.73. The number of hydrogen-bond donors (Lipinski definition) is 2. The molecule has 2 aromatic heterocycles. The van der Waals surface area contributed by atoms with Crippen LogP contribution in [0.2, 0.25) is 0 Å². The molecule has 1 unspecified atom stereocenters. The number of nitrogen functional groups attached to an aromatic ring is 1. The highest BCUT2D eigenvalue weighted by molar-refractivity contribution is 7.15. The number of hydrogen-bond acceptors (Lipinski definition) is 6. The average Bonchev–Trinajstić information content (AvgIpc) is 3.09. The highest BCUT2D eigenvalue weighted by Crippen LogP contribution is 2.32. The second kappa shape index (κ2) is 6.75. The van der Waals surface area contributed by atoms with Crippen molar-refractivity contribution in [3.05, 3.63) is 26.4 Å². The molecule has 0 radical (unpaired) electrons. The molecule has 5 nitrogen and oxygen atoms in total. The molecule has 1 aliphatic carbocycles. The number of nitrogens with zero attached hydrogens (tertiary/aromatic N) is 2. The van der Waals surface area contributed by atoms with E-state index in [-0.39, 0.29) is 5.91 Å². The molecule has 7 heteroatoms. The van der Waals surface area contributed by atoms with E-state index in [0.29, 0.717) is 11.7 Å². The van der Waals surface area contributed by atoms with Crippen molar-refractivity contribution in [2.75, 3.05) is 12.3 Å². The molecular weight excluding hydrogens is 316 g/mol. The third-order valence-electron chi connectivity index (χ3n) is 3.89. The van der Waals surface area contributed by atoms with Gasteiger partial charge < -0.3 is 11.1 Å². The molecule has 0 fully saturated rings. The first-order valence-corrected chi connectivity index (χ1v) is 9.22. The molecule has 1 amide bonds. The van der Waals surface area contributed by atoms with E-state index in [2.05, 4.69) is 28.5 Å². The number of amides is 1. The molecule has 0 bridgehead atoms. The highest BCUT2D eigenvalue weighted by atomic mass is 32.1. The first-order valence-electron chi connectivity index (χ1n) is 7.59. The molecule has 0 saturated carbocycles. The summed E-state index contributed by atoms with van der Waals surface area (Å²) in [4.78, 5) is 14.5. The molecule has 2 aromatic rings. The first kappa shape index (κ1) is 15.4. The minimum absolute atomic E-state index is 0.0452. The van der Waals surface area contributed by atoms with Crippen LogP contribution in [0.25, 0.3) is 0 Å². The van der Waals surface area contributed by atoms with Crippen molar-refractivity contribution in [3.63, 3.8) is 0 Å². The smallest absolute Gasteiger partial charge is 0.261 e. The normalized spacial score (nSPS) is 17.2. The van der Waals surface area contributed by atoms with Gasteiger partial charge in [-0.1, -0.05) is 18.3 Å². The Morgan fingerprint density at radius 3 is 3.09 bits per heavy atom. The van der Waals surface area contributed by atoms with E-state index in [1.807, 2.05) is 0 Å². The number of anilines is 1. The zero-order valence-electron chi connectivity index (χ0n) is 12.6. The van der Waals surface area contributed by atoms with E-state index in [4.69, 9.17) is 5.73 Å². The van der Waals surface area contributed by atoms with E-state index in [1.54, 1.807) is 11.3 Å². The summed E-state index contributed by atoms with van der Waals surface area (Å²) in [6.07, 6.45) is 5.11. The molecule has 2 heterocycles. The van der Waals surface area contributed by atoms with Gasteiger partial charge >= 0.3 is 0 Å². The van der Waals surface area contributed by atoms with Gasteiger partial charge in [0.1, 0.15) is 5.01 Å². The number of rotatable bonds is 5. The fraction of sp³-hybridized carbons (Fsp3) is 0.533. The third-order valence-corrected chi connectivity index (χ3v) is 5.94. The van der Waals surface area contributed by atoms with Gasteiger partial charge in [0.15, 0.2) is 0 Å². The van der Waals surface area contributed by atoms with Crippen molar-refractivity contribution in [2.45, 2.75) is 39.0 Å². The van der Waals surface area contributed by atoms with Gasteiger partial charge in [0.25, 0.3) is 5.91 Å². The summed E-state index contributed by atoms with van der Waals surface area (Å²) >= 11 is 3.06. The van der Waals surface area contributed by atoms with Gasteiger partial charge in [0, 0.05) is 17.8 Å². The Bertz CT molecular complexity index is 664. The predicted molar refractivity (Wildman–Crippen MR) is 90.5 cm³/mol. The summed E-state index contributed by atoms with van der Waals surface area (Å²) in [5.41, 5.74) is 6.91. The molecule has 3 rings (SSSR count). The Hall–Kier alpha value is -1.47. The number of carbonyl (C=O) groups excluding carboxylic acids is 1. The van der Waals surface area contributed by atoms with Gasteiger partial charge in [-0.25, -0.2) is 0 Å². The van der Waals surface area contributed by atoms with Crippen LogP contribution in [0.4, 0.5) is 5.13 Å². The second-order valence-electron chi connectivity index (χ2n) is 5.80. The molecule has 0 saturated heterocycles. The van der Waals surface area contributed by atoms with Crippen LogP contribution in [0, 0.1) is 5.92 Å². The van der Waals surface area contributed by atoms with Gasteiger partial charge in [0.2, 0.25) is 5.13 Å². The zero-order chi connectivity index (χ0) is 15.5. The van der Waals surface area contributed by atoms with Crippen molar-refractivity contribution in [1.82, 2.24) is 15.5 Å². The van der Waals surface area contributed by atoms with Crippen molar-refractivity contribution in [1.29, 1.82) is 0 Å². The molecular formula is C15H20N4OS2. The molecule has 0 aromatic carbocycles. The van der Waals surface area contributed by atoms with E-state index < -0.39 is 0 Å². The van der Waals surface area contributed by atoms with Crippen LogP contribution >= 0.6 is 22.7 Å². The Labute approximate surface area is 138 Å². The molecule has 0 aliphatic heterocycles. The fourth-order valence-electron chi connectivity index (χ4n) is 2.71. The van der Waals surface area contributed by atoms with Crippen LogP contribution in [-0.2, 0) is 19.3 Å². The third kappa shape index (κ3) is 3.64. The largest absolute Gasteiger partial charge is 0.374 e. The molecule has 1 aliphatic rings. The highest BCUT2D eigenvalue weighted by Gasteiger charge is 2.20. The molecule has 22 heavy (non-hydrogen) atoms. The van der Waals surface area contributed by atoms with E-state index in [1.165, 1.54) is 28.2 Å². The lowest BCUT2D eigenvalue weighted by atomic mass is 9.90. The van der Waals surface area contributed by atoms with Crippen LogP contribution in [0.1, 0.15) is 44.9 Å². The SMILES string of the molecule is CC1CCc2sc(C(=O)NCCCc3nnc(N)s3)cc2C1. The summed E-state index contributed by atoms with van der Waals surface area (Å²) in [5.74, 6) is 0.779. The first-order chi connectivity index (χ1) is 10.6. The maximum absolute atomic E-state index is 12.2. The summed E-state index contributed by atoms with van der Waals surface area (Å²) in [6.45, 7) is 2.93. The van der Waals surface area contributed by atoms with Crippen LogP contribution in [-0.4, -0.2) is 22.6 Å². The molecule has 3 N–H and O–H groups in total. The van der Waals surface area contributed by atoms with Crippen LogP contribution in [0.3, 0.4) is 0 Å². The maximum atomic E-state index is 12.2. The van der Waals surface area contributed by atoms with E-state index >= 15 is 0 Å². The van der Waals surface area contributed by atoms with E-state index in [0.717, 1.165) is 41.5 Å².